The van der Waals surface area contributed by atoms with E-state index in [1.807, 2.05) is 13.0 Å². The number of hydrogen-bond acceptors (Lipinski definition) is 3. The highest BCUT2D eigenvalue weighted by Gasteiger charge is 2.27. The average molecular weight is 408 g/mol. The van der Waals surface area contributed by atoms with Gasteiger partial charge in [0.25, 0.3) is 0 Å². The highest BCUT2D eigenvalue weighted by molar-refractivity contribution is 5.30. The van der Waals surface area contributed by atoms with E-state index >= 15 is 0 Å². The number of aryl methyl sites for hydroxylation is 1. The molecule has 162 valence electrons. The minimum atomic E-state index is -0.514. The molecule has 2 aromatic rings. The summed E-state index contributed by atoms with van der Waals surface area (Å²) in [6.45, 7) is 5.77. The van der Waals surface area contributed by atoms with E-state index in [-0.39, 0.29) is 6.10 Å². The molecule has 0 amide bonds. The van der Waals surface area contributed by atoms with E-state index in [0.717, 1.165) is 31.1 Å². The molecule has 3 heteroatoms. The van der Waals surface area contributed by atoms with Crippen molar-refractivity contribution < 1.29 is 9.84 Å². The normalized spacial score (nSPS) is 21.9. The average Bonchev–Trinajstić information content (AvgIpc) is 3.27. The molecule has 0 aromatic heterocycles. The summed E-state index contributed by atoms with van der Waals surface area (Å²) in [5.74, 6) is 1.79. The lowest BCUT2D eigenvalue weighted by Crippen LogP contribution is -2.46. The van der Waals surface area contributed by atoms with E-state index in [9.17, 15) is 5.11 Å². The molecule has 3 nitrogen and oxygen atoms in total. The fourth-order valence-corrected chi connectivity index (χ4v) is 5.10. The zero-order valence-corrected chi connectivity index (χ0v) is 18.6. The Labute approximate surface area is 182 Å². The van der Waals surface area contributed by atoms with Crippen LogP contribution in [0.4, 0.5) is 0 Å². The maximum Gasteiger partial charge on any atom is 0.123 e. The number of ether oxygens (including phenoxy) is 1. The second-order valence-corrected chi connectivity index (χ2v) is 9.48. The molecule has 3 atom stereocenters. The standard InChI is InChI=1S/C27H37NO2/c1-20-16-24-11-5-6-12-25(24)18-28(20)19-27(29)21(2)30-26-13-7-10-23(17-26)15-14-22-8-3-4-9-22/h5-7,10-13,17,20-22,27,29H,3-4,8-9,14-16,18-19H2,1-2H3. The first-order valence-corrected chi connectivity index (χ1v) is 11.8. The molecule has 1 aliphatic carbocycles. The van der Waals surface area contributed by atoms with Crippen molar-refractivity contribution in [1.29, 1.82) is 0 Å². The van der Waals surface area contributed by atoms with Crippen LogP contribution >= 0.6 is 0 Å². The van der Waals surface area contributed by atoms with E-state index in [0.29, 0.717) is 12.6 Å². The van der Waals surface area contributed by atoms with Gasteiger partial charge in [-0.3, -0.25) is 4.90 Å². The summed E-state index contributed by atoms with van der Waals surface area (Å²) in [7, 11) is 0. The highest BCUT2D eigenvalue weighted by Crippen LogP contribution is 2.29. The van der Waals surface area contributed by atoms with Crippen LogP contribution in [0, 0.1) is 5.92 Å². The Hall–Kier alpha value is -1.84. The van der Waals surface area contributed by atoms with Crippen LogP contribution in [-0.4, -0.2) is 34.8 Å². The van der Waals surface area contributed by atoms with Crippen molar-refractivity contribution in [3.63, 3.8) is 0 Å². The van der Waals surface area contributed by atoms with Gasteiger partial charge in [-0.15, -0.1) is 0 Å². The van der Waals surface area contributed by atoms with Crippen LogP contribution in [0.25, 0.3) is 0 Å². The van der Waals surface area contributed by atoms with Crippen molar-refractivity contribution in [3.05, 3.63) is 65.2 Å². The number of rotatable bonds is 8. The molecule has 0 bridgehead atoms. The summed E-state index contributed by atoms with van der Waals surface area (Å²) in [6.07, 6.45) is 8.33. The smallest absolute Gasteiger partial charge is 0.123 e. The quantitative estimate of drug-likeness (QED) is 0.637. The van der Waals surface area contributed by atoms with Gasteiger partial charge in [0, 0.05) is 19.1 Å². The number of β-amino-alcohol motifs (C(OH)–C–C–N with tert-alkyl or cyclic N) is 1. The lowest BCUT2D eigenvalue weighted by atomic mass is 9.94. The van der Waals surface area contributed by atoms with Crippen molar-refractivity contribution in [1.82, 2.24) is 4.90 Å². The summed E-state index contributed by atoms with van der Waals surface area (Å²) < 4.78 is 6.16. The minimum absolute atomic E-state index is 0.237. The molecular formula is C27H37NO2. The van der Waals surface area contributed by atoms with Gasteiger partial charge in [-0.05, 0) is 67.9 Å². The largest absolute Gasteiger partial charge is 0.488 e. The molecule has 1 N–H and O–H groups in total. The van der Waals surface area contributed by atoms with Gasteiger partial charge in [0.1, 0.15) is 18.0 Å². The molecule has 0 radical (unpaired) electrons. The molecule has 1 fully saturated rings. The van der Waals surface area contributed by atoms with Crippen LogP contribution in [0.1, 0.15) is 62.6 Å². The number of aliphatic hydroxyl groups excluding tert-OH is 1. The maximum atomic E-state index is 10.8. The maximum absolute atomic E-state index is 10.8. The molecule has 1 saturated carbocycles. The van der Waals surface area contributed by atoms with E-state index in [2.05, 4.69) is 54.3 Å². The first kappa shape index (κ1) is 21.4. The summed E-state index contributed by atoms with van der Waals surface area (Å²) in [5, 5.41) is 10.8. The molecule has 1 aliphatic heterocycles. The van der Waals surface area contributed by atoms with Crippen molar-refractivity contribution in [3.8, 4) is 5.75 Å². The summed E-state index contributed by atoms with van der Waals surface area (Å²) in [4.78, 5) is 2.38. The van der Waals surface area contributed by atoms with Crippen molar-refractivity contribution in [2.75, 3.05) is 6.54 Å². The van der Waals surface area contributed by atoms with E-state index in [1.165, 1.54) is 48.8 Å². The van der Waals surface area contributed by atoms with Gasteiger partial charge in [0.05, 0.1) is 0 Å². The third-order valence-electron chi connectivity index (χ3n) is 7.13. The predicted octanol–water partition coefficient (Wildman–Crippen LogP) is 5.38. The van der Waals surface area contributed by atoms with Gasteiger partial charge >= 0.3 is 0 Å². The van der Waals surface area contributed by atoms with E-state index in [4.69, 9.17) is 4.74 Å². The van der Waals surface area contributed by atoms with Gasteiger partial charge < -0.3 is 9.84 Å². The summed E-state index contributed by atoms with van der Waals surface area (Å²) in [6, 6.07) is 17.6. The van der Waals surface area contributed by atoms with Gasteiger partial charge in [-0.25, -0.2) is 0 Å². The molecule has 3 unspecified atom stereocenters. The van der Waals surface area contributed by atoms with Gasteiger partial charge in [-0.2, -0.15) is 0 Å². The predicted molar refractivity (Wildman–Crippen MR) is 123 cm³/mol. The van der Waals surface area contributed by atoms with Crippen molar-refractivity contribution >= 4 is 0 Å². The van der Waals surface area contributed by atoms with Gasteiger partial charge in [0.2, 0.25) is 0 Å². The topological polar surface area (TPSA) is 32.7 Å². The first-order chi connectivity index (χ1) is 14.6. The molecule has 2 aromatic carbocycles. The molecule has 0 spiro atoms. The van der Waals surface area contributed by atoms with Crippen molar-refractivity contribution in [2.24, 2.45) is 5.92 Å². The Kier molecular flexibility index (Phi) is 7.12. The second-order valence-electron chi connectivity index (χ2n) is 9.48. The Bertz CT molecular complexity index is 814. The SMILES string of the molecule is CC(Oc1cccc(CCC2CCCC2)c1)C(O)CN1Cc2ccccc2CC1C. The third kappa shape index (κ3) is 5.44. The number of nitrogens with zero attached hydrogens (tertiary/aromatic N) is 1. The Morgan fingerprint density at radius 3 is 2.63 bits per heavy atom. The van der Waals surface area contributed by atoms with Gasteiger partial charge in [-0.1, -0.05) is 62.1 Å². The van der Waals surface area contributed by atoms with E-state index < -0.39 is 6.10 Å². The first-order valence-electron chi connectivity index (χ1n) is 11.8. The zero-order chi connectivity index (χ0) is 20.9. The summed E-state index contributed by atoms with van der Waals surface area (Å²) in [5.41, 5.74) is 4.17. The Morgan fingerprint density at radius 2 is 1.83 bits per heavy atom. The third-order valence-corrected chi connectivity index (χ3v) is 7.13. The number of hydrogen-bond donors (Lipinski definition) is 1. The van der Waals surface area contributed by atoms with Crippen LogP contribution in [-0.2, 0) is 19.4 Å². The minimum Gasteiger partial charge on any atom is -0.488 e. The molecule has 0 saturated heterocycles. The highest BCUT2D eigenvalue weighted by atomic mass is 16.5. The fourth-order valence-electron chi connectivity index (χ4n) is 5.10. The van der Waals surface area contributed by atoms with Crippen LogP contribution in [0.3, 0.4) is 0 Å². The van der Waals surface area contributed by atoms with Gasteiger partial charge in [0.15, 0.2) is 0 Å². The van der Waals surface area contributed by atoms with E-state index in [1.54, 1.807) is 0 Å². The zero-order valence-electron chi connectivity index (χ0n) is 18.6. The molecule has 4 rings (SSSR count). The Balaban J connectivity index is 1.30. The second kappa shape index (κ2) is 9.98. The number of fused-ring (bicyclic) bond motifs is 1. The van der Waals surface area contributed by atoms with Crippen LogP contribution in [0.15, 0.2) is 48.5 Å². The van der Waals surface area contributed by atoms with Crippen molar-refractivity contribution in [2.45, 2.75) is 83.6 Å². The molecule has 2 aliphatic rings. The lowest BCUT2D eigenvalue weighted by molar-refractivity contribution is 0.00762. The molecular weight excluding hydrogens is 370 g/mol. The van der Waals surface area contributed by atoms with Crippen LogP contribution < -0.4 is 4.74 Å². The molecule has 1 heterocycles. The number of aliphatic hydroxyl groups is 1. The van der Waals surface area contributed by atoms with Crippen LogP contribution in [0.2, 0.25) is 0 Å². The molecule has 30 heavy (non-hydrogen) atoms. The summed E-state index contributed by atoms with van der Waals surface area (Å²) >= 11 is 0. The Morgan fingerprint density at radius 1 is 1.07 bits per heavy atom. The van der Waals surface area contributed by atoms with Crippen LogP contribution in [0.5, 0.6) is 5.75 Å². The number of benzene rings is 2. The lowest BCUT2D eigenvalue weighted by Gasteiger charge is -2.37. The monoisotopic (exact) mass is 407 g/mol. The fraction of sp³-hybridized carbons (Fsp3) is 0.556.